The van der Waals surface area contributed by atoms with Crippen LogP contribution in [0.25, 0.3) is 0 Å². The Balaban J connectivity index is 0.00000264. The molecule has 1 atom stereocenters. The Hall–Kier alpha value is -0.830. The molecule has 0 aromatic heterocycles. The number of hydrogen-bond donors (Lipinski definition) is 1. The van der Waals surface area contributed by atoms with E-state index < -0.39 is 22.6 Å². The lowest BCUT2D eigenvalue weighted by Crippen LogP contribution is -2.40. The van der Waals surface area contributed by atoms with Crippen molar-refractivity contribution in [1.29, 1.82) is 0 Å². The van der Waals surface area contributed by atoms with Gasteiger partial charge in [0.05, 0.1) is 11.3 Å². The summed E-state index contributed by atoms with van der Waals surface area (Å²) < 4.78 is 63.6. The average molecular weight is 373 g/mol. The van der Waals surface area contributed by atoms with Gasteiger partial charge < -0.3 is 5.32 Å². The monoisotopic (exact) mass is 372 g/mol. The zero-order valence-corrected chi connectivity index (χ0v) is 14.3. The fraction of sp³-hybridized carbons (Fsp3) is 0.571. The van der Waals surface area contributed by atoms with E-state index in [2.05, 4.69) is 5.32 Å². The molecule has 0 aliphatic carbocycles. The lowest BCUT2D eigenvalue weighted by atomic mass is 10.1. The van der Waals surface area contributed by atoms with Gasteiger partial charge in [-0.3, -0.25) is 0 Å². The van der Waals surface area contributed by atoms with E-state index in [0.29, 0.717) is 13.1 Å². The fourth-order valence-electron chi connectivity index (χ4n) is 2.71. The largest absolute Gasteiger partial charge is 0.393 e. The molecule has 0 saturated carbocycles. The first-order valence-corrected chi connectivity index (χ1v) is 8.50. The van der Waals surface area contributed by atoms with Crippen LogP contribution in [0.1, 0.15) is 18.4 Å². The molecule has 1 aliphatic rings. The zero-order valence-electron chi connectivity index (χ0n) is 12.6. The van der Waals surface area contributed by atoms with E-state index in [-0.39, 0.29) is 28.9 Å². The third kappa shape index (κ3) is 5.07. The standard InChI is InChI=1S/C14H19F3N2O2S.ClH/c1-18-10-12-3-2-8-19(12)22(20,21)13-6-4-11(5-7-13)9-14(15,16)17;/h4-7,12,18H,2-3,8-10H2,1H3;1H. The van der Waals surface area contributed by atoms with E-state index in [4.69, 9.17) is 0 Å². The lowest BCUT2D eigenvalue weighted by Gasteiger charge is -2.24. The Morgan fingerprint density at radius 2 is 1.87 bits per heavy atom. The third-order valence-corrected chi connectivity index (χ3v) is 5.66. The normalized spacial score (nSPS) is 19.6. The van der Waals surface area contributed by atoms with Gasteiger partial charge in [-0.15, -0.1) is 12.4 Å². The highest BCUT2D eigenvalue weighted by atomic mass is 35.5. The first-order chi connectivity index (χ1) is 10.2. The molecule has 23 heavy (non-hydrogen) atoms. The van der Waals surface area contributed by atoms with Crippen molar-refractivity contribution >= 4 is 22.4 Å². The second-order valence-electron chi connectivity index (χ2n) is 5.41. The van der Waals surface area contributed by atoms with Gasteiger partial charge in [-0.25, -0.2) is 8.42 Å². The SMILES string of the molecule is CNCC1CCCN1S(=O)(=O)c1ccc(CC(F)(F)F)cc1.Cl. The first-order valence-electron chi connectivity index (χ1n) is 7.06. The predicted molar refractivity (Wildman–Crippen MR) is 84.3 cm³/mol. The van der Waals surface area contributed by atoms with Gasteiger partial charge in [0.2, 0.25) is 10.0 Å². The molecule has 1 heterocycles. The minimum Gasteiger partial charge on any atom is -0.318 e. The highest BCUT2D eigenvalue weighted by Crippen LogP contribution is 2.27. The van der Waals surface area contributed by atoms with Crippen LogP contribution in [0, 0.1) is 0 Å². The fourth-order valence-corrected chi connectivity index (χ4v) is 4.40. The van der Waals surface area contributed by atoms with Crippen LogP contribution >= 0.6 is 12.4 Å². The Morgan fingerprint density at radius 3 is 2.39 bits per heavy atom. The average Bonchev–Trinajstić information content (AvgIpc) is 2.87. The molecule has 1 unspecified atom stereocenters. The van der Waals surface area contributed by atoms with Gasteiger partial charge in [-0.1, -0.05) is 12.1 Å². The molecule has 1 saturated heterocycles. The quantitative estimate of drug-likeness (QED) is 0.864. The highest BCUT2D eigenvalue weighted by molar-refractivity contribution is 7.89. The topological polar surface area (TPSA) is 49.4 Å². The number of benzene rings is 1. The maximum atomic E-state index is 12.6. The third-order valence-electron chi connectivity index (χ3n) is 3.70. The van der Waals surface area contributed by atoms with Crippen LogP contribution in [-0.2, 0) is 16.4 Å². The van der Waals surface area contributed by atoms with Gasteiger partial charge in [0, 0.05) is 19.1 Å². The molecule has 1 N–H and O–H groups in total. The molecule has 0 radical (unpaired) electrons. The smallest absolute Gasteiger partial charge is 0.318 e. The number of alkyl halides is 3. The second-order valence-corrected chi connectivity index (χ2v) is 7.30. The van der Waals surface area contributed by atoms with Crippen molar-refractivity contribution in [1.82, 2.24) is 9.62 Å². The molecule has 1 aromatic carbocycles. The molecule has 0 bridgehead atoms. The van der Waals surface area contributed by atoms with Gasteiger partial charge >= 0.3 is 6.18 Å². The minimum absolute atomic E-state index is 0. The molecule has 9 heteroatoms. The molecule has 4 nitrogen and oxygen atoms in total. The molecular formula is C14H20ClF3N2O2S. The molecular weight excluding hydrogens is 353 g/mol. The number of nitrogens with zero attached hydrogens (tertiary/aromatic N) is 1. The lowest BCUT2D eigenvalue weighted by molar-refractivity contribution is -0.127. The van der Waals surface area contributed by atoms with Crippen LogP contribution in [-0.4, -0.2) is 45.1 Å². The Labute approximate surface area is 140 Å². The van der Waals surface area contributed by atoms with E-state index in [1.807, 2.05) is 0 Å². The van der Waals surface area contributed by atoms with Crippen molar-refractivity contribution in [2.24, 2.45) is 0 Å². The Kier molecular flexibility index (Phi) is 6.88. The maximum Gasteiger partial charge on any atom is 0.393 e. The van der Waals surface area contributed by atoms with Crippen LogP contribution < -0.4 is 5.32 Å². The van der Waals surface area contributed by atoms with Crippen LogP contribution in [0.2, 0.25) is 0 Å². The van der Waals surface area contributed by atoms with Crippen LogP contribution in [0.3, 0.4) is 0 Å². The predicted octanol–water partition coefficient (Wildman–Crippen LogP) is 2.59. The number of sulfonamides is 1. The van der Waals surface area contributed by atoms with Crippen LogP contribution in [0.15, 0.2) is 29.2 Å². The molecule has 132 valence electrons. The summed E-state index contributed by atoms with van der Waals surface area (Å²) in [7, 11) is -1.90. The van der Waals surface area contributed by atoms with Crippen molar-refractivity contribution in [2.75, 3.05) is 20.1 Å². The molecule has 1 aliphatic heterocycles. The maximum absolute atomic E-state index is 12.6. The van der Waals surface area contributed by atoms with Crippen molar-refractivity contribution < 1.29 is 21.6 Å². The summed E-state index contributed by atoms with van der Waals surface area (Å²) >= 11 is 0. The first kappa shape index (κ1) is 20.2. The molecule has 1 fully saturated rings. The van der Waals surface area contributed by atoms with E-state index in [9.17, 15) is 21.6 Å². The second kappa shape index (κ2) is 7.83. The van der Waals surface area contributed by atoms with Crippen molar-refractivity contribution in [2.45, 2.75) is 36.4 Å². The van der Waals surface area contributed by atoms with Crippen molar-refractivity contribution in [3.8, 4) is 0 Å². The van der Waals surface area contributed by atoms with E-state index in [0.717, 1.165) is 12.8 Å². The Morgan fingerprint density at radius 1 is 1.26 bits per heavy atom. The van der Waals surface area contributed by atoms with Crippen LogP contribution in [0.4, 0.5) is 13.2 Å². The zero-order chi connectivity index (χ0) is 16.4. The summed E-state index contributed by atoms with van der Waals surface area (Å²) in [5.74, 6) is 0. The summed E-state index contributed by atoms with van der Waals surface area (Å²) in [6, 6.07) is 4.86. The summed E-state index contributed by atoms with van der Waals surface area (Å²) in [6.45, 7) is 1.00. The molecule has 1 aromatic rings. The van der Waals surface area contributed by atoms with E-state index >= 15 is 0 Å². The summed E-state index contributed by atoms with van der Waals surface area (Å²) in [4.78, 5) is 0.0430. The van der Waals surface area contributed by atoms with E-state index in [1.54, 1.807) is 7.05 Å². The number of halogens is 4. The van der Waals surface area contributed by atoms with Gasteiger partial charge in [-0.2, -0.15) is 17.5 Å². The number of hydrogen-bond acceptors (Lipinski definition) is 3. The molecule has 0 spiro atoms. The summed E-state index contributed by atoms with van der Waals surface area (Å²) in [5, 5.41) is 2.97. The molecule has 2 rings (SSSR count). The van der Waals surface area contributed by atoms with E-state index in [1.165, 1.54) is 28.6 Å². The number of likely N-dealkylation sites (N-methyl/N-ethyl adjacent to an activating group) is 1. The van der Waals surface area contributed by atoms with Crippen molar-refractivity contribution in [3.05, 3.63) is 29.8 Å². The van der Waals surface area contributed by atoms with Gasteiger partial charge in [0.1, 0.15) is 0 Å². The number of rotatable bonds is 5. The molecule has 0 amide bonds. The summed E-state index contributed by atoms with van der Waals surface area (Å²) in [5.41, 5.74) is 0.0552. The van der Waals surface area contributed by atoms with Crippen LogP contribution in [0.5, 0.6) is 0 Å². The van der Waals surface area contributed by atoms with Gasteiger partial charge in [0.25, 0.3) is 0 Å². The van der Waals surface area contributed by atoms with Crippen molar-refractivity contribution in [3.63, 3.8) is 0 Å². The van der Waals surface area contributed by atoms with Gasteiger partial charge in [-0.05, 0) is 37.6 Å². The minimum atomic E-state index is -4.30. The van der Waals surface area contributed by atoms with Gasteiger partial charge in [0.15, 0.2) is 0 Å². The Bertz CT molecular complexity index is 605. The number of nitrogens with one attached hydrogen (secondary N) is 1. The summed E-state index contributed by atoms with van der Waals surface area (Å²) in [6.07, 6.45) is -3.78. The highest BCUT2D eigenvalue weighted by Gasteiger charge is 2.35.